The molecule has 0 aromatic carbocycles. The lowest BCUT2D eigenvalue weighted by atomic mass is 10.1. The maximum absolute atomic E-state index is 11.5. The average molecular weight is 179 g/mol. The third kappa shape index (κ3) is 2.02. The zero-order chi connectivity index (χ0) is 9.84. The van der Waals surface area contributed by atoms with E-state index < -0.39 is 0 Å². The van der Waals surface area contributed by atoms with Gasteiger partial charge in [0.25, 0.3) is 0 Å². The van der Waals surface area contributed by atoms with Gasteiger partial charge >= 0.3 is 0 Å². The molecule has 0 N–H and O–H groups in total. The number of ketones is 1. The van der Waals surface area contributed by atoms with E-state index in [1.54, 1.807) is 17.8 Å². The Bertz CT molecular complexity index is 328. The first-order valence-electron chi connectivity index (χ1n) is 4.17. The summed E-state index contributed by atoms with van der Waals surface area (Å²) in [4.78, 5) is 11.5. The van der Waals surface area contributed by atoms with Gasteiger partial charge in [0.2, 0.25) is 0 Å². The summed E-state index contributed by atoms with van der Waals surface area (Å²) in [5, 5.41) is 7.56. The van der Waals surface area contributed by atoms with Crippen molar-refractivity contribution in [2.75, 3.05) is 0 Å². The van der Waals surface area contributed by atoms with Gasteiger partial charge in [-0.05, 0) is 13.3 Å². The fourth-order valence-corrected chi connectivity index (χ4v) is 1.01. The molecule has 0 bridgehead atoms. The Labute approximate surface area is 77.3 Å². The minimum absolute atomic E-state index is 0.0329. The number of Topliss-reactive ketones (excluding diaryl/α,β-unsaturated/α-hetero) is 1. The van der Waals surface area contributed by atoms with Crippen molar-refractivity contribution in [3.8, 4) is 0 Å². The van der Waals surface area contributed by atoms with Crippen LogP contribution in [0, 0.1) is 6.92 Å². The molecule has 4 heteroatoms. The van der Waals surface area contributed by atoms with Crippen LogP contribution in [0.4, 0.5) is 0 Å². The molecule has 0 atom stereocenters. The Balaban J connectivity index is 2.77. The van der Waals surface area contributed by atoms with Gasteiger partial charge in [-0.25, -0.2) is 0 Å². The van der Waals surface area contributed by atoms with Crippen molar-refractivity contribution < 1.29 is 4.79 Å². The lowest BCUT2D eigenvalue weighted by Crippen LogP contribution is -2.02. The van der Waals surface area contributed by atoms with Gasteiger partial charge in [0.1, 0.15) is 0 Å². The summed E-state index contributed by atoms with van der Waals surface area (Å²) >= 11 is 0. The number of carbonyl (C=O) groups is 1. The van der Waals surface area contributed by atoms with E-state index in [9.17, 15) is 4.79 Å². The third-order valence-electron chi connectivity index (χ3n) is 1.95. The molecule has 0 amide bonds. The van der Waals surface area contributed by atoms with Crippen molar-refractivity contribution in [2.24, 2.45) is 7.05 Å². The van der Waals surface area contributed by atoms with Crippen LogP contribution in [-0.4, -0.2) is 20.8 Å². The van der Waals surface area contributed by atoms with E-state index in [0.717, 1.165) is 5.69 Å². The minimum atomic E-state index is 0.0329. The highest BCUT2D eigenvalue weighted by Crippen LogP contribution is 2.06. The molecule has 0 radical (unpaired) electrons. The molecule has 13 heavy (non-hydrogen) atoms. The van der Waals surface area contributed by atoms with Crippen LogP contribution in [-0.2, 0) is 7.05 Å². The molecule has 0 aliphatic rings. The standard InChI is InChI=1S/C9H13N3O/c1-4-5-6-8(13)9-7(2)12(3)11-10-9/h4H,1,5-6H2,2-3H3. The molecule has 0 saturated heterocycles. The van der Waals surface area contributed by atoms with Gasteiger partial charge < -0.3 is 0 Å². The number of hydrogen-bond acceptors (Lipinski definition) is 3. The normalized spacial score (nSPS) is 10.0. The Morgan fingerprint density at radius 2 is 2.38 bits per heavy atom. The van der Waals surface area contributed by atoms with E-state index in [-0.39, 0.29) is 5.78 Å². The summed E-state index contributed by atoms with van der Waals surface area (Å²) in [6.45, 7) is 5.39. The summed E-state index contributed by atoms with van der Waals surface area (Å²) in [7, 11) is 1.77. The number of nitrogens with zero attached hydrogens (tertiary/aromatic N) is 3. The first-order valence-corrected chi connectivity index (χ1v) is 4.17. The van der Waals surface area contributed by atoms with Gasteiger partial charge in [-0.3, -0.25) is 9.48 Å². The number of hydrogen-bond donors (Lipinski definition) is 0. The lowest BCUT2D eigenvalue weighted by molar-refractivity contribution is 0.0978. The van der Waals surface area contributed by atoms with Gasteiger partial charge in [0.15, 0.2) is 11.5 Å². The third-order valence-corrected chi connectivity index (χ3v) is 1.95. The predicted molar refractivity (Wildman–Crippen MR) is 49.5 cm³/mol. The van der Waals surface area contributed by atoms with E-state index in [2.05, 4.69) is 16.9 Å². The molecule has 0 fully saturated rings. The van der Waals surface area contributed by atoms with Crippen molar-refractivity contribution >= 4 is 5.78 Å². The first-order chi connectivity index (χ1) is 6.16. The summed E-state index contributed by atoms with van der Waals surface area (Å²) in [5.74, 6) is 0.0329. The molecule has 70 valence electrons. The second-order valence-corrected chi connectivity index (χ2v) is 2.90. The van der Waals surface area contributed by atoms with Crippen LogP contribution in [0.5, 0.6) is 0 Å². The summed E-state index contributed by atoms with van der Waals surface area (Å²) in [6.07, 6.45) is 2.88. The van der Waals surface area contributed by atoms with Gasteiger partial charge in [-0.1, -0.05) is 11.3 Å². The highest BCUT2D eigenvalue weighted by atomic mass is 16.1. The average Bonchev–Trinajstić information content (AvgIpc) is 2.44. The molecule has 0 unspecified atom stereocenters. The molecule has 0 saturated carbocycles. The number of carbonyl (C=O) groups excluding carboxylic acids is 1. The molecule has 4 nitrogen and oxygen atoms in total. The second-order valence-electron chi connectivity index (χ2n) is 2.90. The molecule has 0 spiro atoms. The monoisotopic (exact) mass is 179 g/mol. The SMILES string of the molecule is C=CCCC(=O)c1nnn(C)c1C. The Morgan fingerprint density at radius 1 is 1.69 bits per heavy atom. The number of rotatable bonds is 4. The first kappa shape index (κ1) is 9.64. The van der Waals surface area contributed by atoms with E-state index >= 15 is 0 Å². The second kappa shape index (κ2) is 3.98. The van der Waals surface area contributed by atoms with Crippen LogP contribution in [0.3, 0.4) is 0 Å². The van der Waals surface area contributed by atoms with Crippen LogP contribution >= 0.6 is 0 Å². The smallest absolute Gasteiger partial charge is 0.185 e. The molecular formula is C9H13N3O. The van der Waals surface area contributed by atoms with Gasteiger partial charge in [0.05, 0.1) is 5.69 Å². The number of aromatic nitrogens is 3. The Morgan fingerprint density at radius 3 is 2.85 bits per heavy atom. The quantitative estimate of drug-likeness (QED) is 0.516. The van der Waals surface area contributed by atoms with Crippen molar-refractivity contribution in [1.82, 2.24) is 15.0 Å². The largest absolute Gasteiger partial charge is 0.292 e. The van der Waals surface area contributed by atoms with Crippen LogP contribution in [0.15, 0.2) is 12.7 Å². The van der Waals surface area contributed by atoms with Crippen LogP contribution < -0.4 is 0 Å². The number of aryl methyl sites for hydroxylation is 1. The van der Waals surface area contributed by atoms with Crippen LogP contribution in [0.25, 0.3) is 0 Å². The summed E-state index contributed by atoms with van der Waals surface area (Å²) in [5.41, 5.74) is 1.29. The van der Waals surface area contributed by atoms with Crippen LogP contribution in [0.1, 0.15) is 29.0 Å². The van der Waals surface area contributed by atoms with Crippen LogP contribution in [0.2, 0.25) is 0 Å². The van der Waals surface area contributed by atoms with E-state index in [0.29, 0.717) is 18.5 Å². The van der Waals surface area contributed by atoms with Crippen molar-refractivity contribution in [2.45, 2.75) is 19.8 Å². The highest BCUT2D eigenvalue weighted by molar-refractivity contribution is 5.95. The van der Waals surface area contributed by atoms with E-state index in [4.69, 9.17) is 0 Å². The lowest BCUT2D eigenvalue weighted by Gasteiger charge is -1.95. The predicted octanol–water partition coefficient (Wildman–Crippen LogP) is 1.27. The van der Waals surface area contributed by atoms with Crippen molar-refractivity contribution in [3.63, 3.8) is 0 Å². The van der Waals surface area contributed by atoms with E-state index in [1.165, 1.54) is 0 Å². The molecule has 1 aromatic heterocycles. The maximum Gasteiger partial charge on any atom is 0.185 e. The van der Waals surface area contributed by atoms with Crippen molar-refractivity contribution in [1.29, 1.82) is 0 Å². The van der Waals surface area contributed by atoms with Crippen molar-refractivity contribution in [3.05, 3.63) is 24.0 Å². The summed E-state index contributed by atoms with van der Waals surface area (Å²) < 4.78 is 1.60. The molecule has 1 heterocycles. The Kier molecular flexibility index (Phi) is 2.95. The molecule has 1 aromatic rings. The number of allylic oxidation sites excluding steroid dienone is 1. The fraction of sp³-hybridized carbons (Fsp3) is 0.444. The topological polar surface area (TPSA) is 47.8 Å². The Hall–Kier alpha value is -1.45. The van der Waals surface area contributed by atoms with Gasteiger partial charge in [-0.2, -0.15) is 0 Å². The minimum Gasteiger partial charge on any atom is -0.292 e. The highest BCUT2D eigenvalue weighted by Gasteiger charge is 2.13. The molecule has 1 rings (SSSR count). The zero-order valence-electron chi connectivity index (χ0n) is 7.95. The molecular weight excluding hydrogens is 166 g/mol. The van der Waals surface area contributed by atoms with Gasteiger partial charge in [-0.15, -0.1) is 11.7 Å². The molecule has 0 aliphatic carbocycles. The van der Waals surface area contributed by atoms with Gasteiger partial charge in [0, 0.05) is 13.5 Å². The summed E-state index contributed by atoms with van der Waals surface area (Å²) in [6, 6.07) is 0. The fourth-order valence-electron chi connectivity index (χ4n) is 1.01. The van der Waals surface area contributed by atoms with E-state index in [1.807, 2.05) is 6.92 Å². The molecule has 0 aliphatic heterocycles. The zero-order valence-corrected chi connectivity index (χ0v) is 7.95. The maximum atomic E-state index is 11.5.